The van der Waals surface area contributed by atoms with Crippen molar-refractivity contribution < 1.29 is 0 Å². The normalized spacial score (nSPS) is 10.9. The second-order valence-corrected chi connectivity index (χ2v) is 6.16. The molecule has 0 amide bonds. The van der Waals surface area contributed by atoms with Crippen LogP contribution in [0.4, 0.5) is 0 Å². The highest BCUT2D eigenvalue weighted by Crippen LogP contribution is 2.38. The van der Waals surface area contributed by atoms with E-state index in [0.29, 0.717) is 10.0 Å². The highest BCUT2D eigenvalue weighted by molar-refractivity contribution is 6.43. The quantitative estimate of drug-likeness (QED) is 0.462. The van der Waals surface area contributed by atoms with E-state index in [1.54, 1.807) is 6.07 Å². The molecule has 0 radical (unpaired) electrons. The van der Waals surface area contributed by atoms with E-state index in [0.717, 1.165) is 33.9 Å². The minimum absolute atomic E-state index is 0.503. The molecular weight excluding hydrogens is 341 g/mol. The van der Waals surface area contributed by atoms with Crippen LogP contribution >= 0.6 is 23.2 Å². The minimum Gasteiger partial charge on any atom is -0.367 e. The summed E-state index contributed by atoms with van der Waals surface area (Å²) in [5, 5.41) is 1.02. The molecule has 0 saturated carbocycles. The zero-order valence-electron chi connectivity index (χ0n) is 12.6. The fourth-order valence-corrected chi connectivity index (χ4v) is 3.07. The highest BCUT2D eigenvalue weighted by atomic mass is 35.5. The van der Waals surface area contributed by atoms with Crippen LogP contribution in [0.2, 0.25) is 10.0 Å². The van der Waals surface area contributed by atoms with E-state index in [1.807, 2.05) is 60.9 Å². The number of nitrogens with one attached hydrogen (secondary N) is 2. The number of halogens is 2. The molecule has 3 nitrogen and oxygen atoms in total. The molecule has 2 N–H and O–H groups in total. The fourth-order valence-electron chi connectivity index (χ4n) is 2.68. The molecular formula is C19H13Cl2N3. The lowest BCUT2D eigenvalue weighted by molar-refractivity contribution is 1.31. The Morgan fingerprint density at radius 1 is 0.833 bits per heavy atom. The second-order valence-electron chi connectivity index (χ2n) is 5.38. The summed E-state index contributed by atoms with van der Waals surface area (Å²) in [7, 11) is 0. The molecule has 0 unspecified atom stereocenters. The number of imidazole rings is 1. The molecule has 24 heavy (non-hydrogen) atoms. The monoisotopic (exact) mass is 353 g/mol. The Balaban J connectivity index is 1.96. The summed E-state index contributed by atoms with van der Waals surface area (Å²) in [5.74, 6) is 0.779. The largest absolute Gasteiger partial charge is 0.367 e. The van der Waals surface area contributed by atoms with E-state index in [2.05, 4.69) is 9.97 Å². The maximum absolute atomic E-state index is 6.43. The van der Waals surface area contributed by atoms with E-state index < -0.39 is 0 Å². The Morgan fingerprint density at radius 3 is 2.42 bits per heavy atom. The van der Waals surface area contributed by atoms with Crippen LogP contribution in [0.5, 0.6) is 0 Å². The summed E-state index contributed by atoms with van der Waals surface area (Å²) in [6.07, 6.45) is 3.77. The summed E-state index contributed by atoms with van der Waals surface area (Å²) in [4.78, 5) is 11.2. The second kappa shape index (κ2) is 6.19. The topological polar surface area (TPSA) is 44.5 Å². The molecule has 2 aromatic carbocycles. The van der Waals surface area contributed by atoms with Crippen LogP contribution < -0.4 is 0 Å². The lowest BCUT2D eigenvalue weighted by Gasteiger charge is -2.06. The number of rotatable bonds is 3. The van der Waals surface area contributed by atoms with Gasteiger partial charge in [-0.25, -0.2) is 4.98 Å². The molecule has 118 valence electrons. The van der Waals surface area contributed by atoms with Crippen molar-refractivity contribution in [3.05, 3.63) is 77.0 Å². The van der Waals surface area contributed by atoms with Crippen LogP contribution in [0.1, 0.15) is 0 Å². The standard InChI is InChI=1S/C19H13Cl2N3/c20-15-8-4-7-14(16(15)21)18-17(12-5-2-1-3-6-12)23-19(24-18)13-9-10-22-11-13/h1-11,22H,(H,23,24). The van der Waals surface area contributed by atoms with Crippen molar-refractivity contribution in [3.8, 4) is 33.9 Å². The summed E-state index contributed by atoms with van der Waals surface area (Å²) in [5.41, 5.74) is 4.52. The number of hydrogen-bond acceptors (Lipinski definition) is 1. The average Bonchev–Trinajstić information content (AvgIpc) is 3.27. The summed E-state index contributed by atoms with van der Waals surface area (Å²) in [6.45, 7) is 0. The van der Waals surface area contributed by atoms with E-state index in [-0.39, 0.29) is 0 Å². The molecule has 0 aliphatic carbocycles. The number of nitrogens with zero attached hydrogens (tertiary/aromatic N) is 1. The van der Waals surface area contributed by atoms with Crippen molar-refractivity contribution in [1.82, 2.24) is 15.0 Å². The predicted molar refractivity (Wildman–Crippen MR) is 99.3 cm³/mol. The van der Waals surface area contributed by atoms with Gasteiger partial charge in [-0.2, -0.15) is 0 Å². The third-order valence-electron chi connectivity index (χ3n) is 3.84. The van der Waals surface area contributed by atoms with Crippen molar-refractivity contribution in [2.75, 3.05) is 0 Å². The zero-order valence-corrected chi connectivity index (χ0v) is 14.1. The van der Waals surface area contributed by atoms with E-state index >= 15 is 0 Å². The molecule has 0 aliphatic heterocycles. The van der Waals surface area contributed by atoms with Gasteiger partial charge in [-0.05, 0) is 12.1 Å². The predicted octanol–water partition coefficient (Wildman–Crippen LogP) is 6.05. The smallest absolute Gasteiger partial charge is 0.140 e. The van der Waals surface area contributed by atoms with Crippen LogP contribution in [0.25, 0.3) is 33.9 Å². The first-order valence-corrected chi connectivity index (χ1v) is 8.22. The zero-order chi connectivity index (χ0) is 16.5. The van der Waals surface area contributed by atoms with Gasteiger partial charge >= 0.3 is 0 Å². The average molecular weight is 354 g/mol. The number of benzene rings is 2. The number of aromatic amines is 2. The third-order valence-corrected chi connectivity index (χ3v) is 4.66. The van der Waals surface area contributed by atoms with Gasteiger partial charge in [0.1, 0.15) is 5.82 Å². The first-order chi connectivity index (χ1) is 11.7. The highest BCUT2D eigenvalue weighted by Gasteiger charge is 2.18. The molecule has 0 spiro atoms. The van der Waals surface area contributed by atoms with Gasteiger partial charge in [-0.3, -0.25) is 0 Å². The summed E-state index contributed by atoms with van der Waals surface area (Å²) >= 11 is 12.6. The van der Waals surface area contributed by atoms with Gasteiger partial charge in [0.05, 0.1) is 21.4 Å². The lowest BCUT2D eigenvalue weighted by Crippen LogP contribution is -1.85. The van der Waals surface area contributed by atoms with Crippen LogP contribution in [0.3, 0.4) is 0 Å². The Labute approximate surface area is 149 Å². The van der Waals surface area contributed by atoms with Gasteiger partial charge in [0.2, 0.25) is 0 Å². The number of H-pyrrole nitrogens is 2. The lowest BCUT2D eigenvalue weighted by atomic mass is 10.1. The van der Waals surface area contributed by atoms with Crippen molar-refractivity contribution in [2.24, 2.45) is 0 Å². The Kier molecular flexibility index (Phi) is 3.89. The first-order valence-electron chi connectivity index (χ1n) is 7.47. The van der Waals surface area contributed by atoms with Crippen LogP contribution in [-0.4, -0.2) is 15.0 Å². The van der Waals surface area contributed by atoms with E-state index in [4.69, 9.17) is 28.2 Å². The molecule has 4 rings (SSSR count). The fraction of sp³-hybridized carbons (Fsp3) is 0. The van der Waals surface area contributed by atoms with Crippen LogP contribution in [0, 0.1) is 0 Å². The molecule has 0 fully saturated rings. The molecule has 0 aliphatic rings. The minimum atomic E-state index is 0.503. The van der Waals surface area contributed by atoms with Gasteiger partial charge in [-0.15, -0.1) is 0 Å². The maximum Gasteiger partial charge on any atom is 0.140 e. The Bertz CT molecular complexity index is 973. The maximum atomic E-state index is 6.43. The van der Waals surface area contributed by atoms with Crippen LogP contribution in [0.15, 0.2) is 67.0 Å². The molecule has 4 aromatic rings. The van der Waals surface area contributed by atoms with Crippen molar-refractivity contribution in [2.45, 2.75) is 0 Å². The summed E-state index contributed by atoms with van der Waals surface area (Å²) < 4.78 is 0. The molecule has 0 saturated heterocycles. The molecule has 0 bridgehead atoms. The summed E-state index contributed by atoms with van der Waals surface area (Å²) in [6, 6.07) is 17.6. The Morgan fingerprint density at radius 2 is 1.67 bits per heavy atom. The van der Waals surface area contributed by atoms with Gasteiger partial charge in [0.15, 0.2) is 0 Å². The SMILES string of the molecule is Clc1cccc(-c2nc(-c3cc[nH]c3)[nH]c2-c2ccccc2)c1Cl. The molecule has 0 atom stereocenters. The number of hydrogen-bond donors (Lipinski definition) is 2. The van der Waals surface area contributed by atoms with E-state index in [1.165, 1.54) is 0 Å². The van der Waals surface area contributed by atoms with E-state index in [9.17, 15) is 0 Å². The first kappa shape index (κ1) is 15.1. The Hall–Kier alpha value is -2.49. The van der Waals surface area contributed by atoms with Gasteiger partial charge < -0.3 is 9.97 Å². The van der Waals surface area contributed by atoms with Gasteiger partial charge in [-0.1, -0.05) is 65.7 Å². The van der Waals surface area contributed by atoms with Crippen molar-refractivity contribution in [3.63, 3.8) is 0 Å². The number of aromatic nitrogens is 3. The van der Waals surface area contributed by atoms with Gasteiger partial charge in [0, 0.05) is 29.1 Å². The third kappa shape index (κ3) is 2.62. The molecule has 2 aromatic heterocycles. The van der Waals surface area contributed by atoms with Crippen molar-refractivity contribution >= 4 is 23.2 Å². The van der Waals surface area contributed by atoms with Gasteiger partial charge in [0.25, 0.3) is 0 Å². The van der Waals surface area contributed by atoms with Crippen LogP contribution in [-0.2, 0) is 0 Å². The molecule has 5 heteroatoms. The van der Waals surface area contributed by atoms with Crippen molar-refractivity contribution in [1.29, 1.82) is 0 Å². The molecule has 2 heterocycles.